The van der Waals surface area contributed by atoms with E-state index in [2.05, 4.69) is 34.6 Å². The van der Waals surface area contributed by atoms with E-state index in [9.17, 15) is 0 Å². The highest BCUT2D eigenvalue weighted by Crippen LogP contribution is 2.23. The maximum absolute atomic E-state index is 2.44. The van der Waals surface area contributed by atoms with Crippen molar-refractivity contribution < 1.29 is 0 Å². The standard InChI is InChI=1S/C15H32.C2H6.CH4/c1-6-13(4)9-10-14(5)11-12-15(7-2)8-3;1-2;/h13-15H,6-12H2,1-5H3;1-2H3;1H4. The highest BCUT2D eigenvalue weighted by atomic mass is 14.1. The van der Waals surface area contributed by atoms with Crippen LogP contribution in [-0.2, 0) is 0 Å². The summed E-state index contributed by atoms with van der Waals surface area (Å²) in [5.41, 5.74) is 0. The highest BCUT2D eigenvalue weighted by molar-refractivity contribution is 4.61. The van der Waals surface area contributed by atoms with Crippen LogP contribution in [-0.4, -0.2) is 0 Å². The Labute approximate surface area is 119 Å². The predicted octanol–water partition coefficient (Wildman–Crippen LogP) is 7.33. The summed E-state index contributed by atoms with van der Waals surface area (Å²) in [4.78, 5) is 0. The lowest BCUT2D eigenvalue weighted by molar-refractivity contribution is 0.353. The van der Waals surface area contributed by atoms with Crippen LogP contribution in [0.4, 0.5) is 0 Å². The smallest absolute Gasteiger partial charge is 0.0419 e. The fourth-order valence-corrected chi connectivity index (χ4v) is 2.13. The van der Waals surface area contributed by atoms with Crippen molar-refractivity contribution in [3.05, 3.63) is 0 Å². The van der Waals surface area contributed by atoms with E-state index in [0.717, 1.165) is 17.8 Å². The van der Waals surface area contributed by atoms with E-state index in [1.165, 1.54) is 44.9 Å². The van der Waals surface area contributed by atoms with Crippen molar-refractivity contribution in [1.82, 2.24) is 0 Å². The van der Waals surface area contributed by atoms with Gasteiger partial charge in [0.2, 0.25) is 0 Å². The molecule has 2 atom stereocenters. The largest absolute Gasteiger partial charge is 0.0776 e. The van der Waals surface area contributed by atoms with Gasteiger partial charge in [0.15, 0.2) is 0 Å². The molecule has 0 fully saturated rings. The Balaban J connectivity index is -0.000000709. The molecule has 0 aliphatic rings. The van der Waals surface area contributed by atoms with Gasteiger partial charge in [0, 0.05) is 0 Å². The van der Waals surface area contributed by atoms with Gasteiger partial charge >= 0.3 is 0 Å². The minimum Gasteiger partial charge on any atom is -0.0776 e. The van der Waals surface area contributed by atoms with Crippen molar-refractivity contribution in [1.29, 1.82) is 0 Å². The normalized spacial score (nSPS) is 13.3. The van der Waals surface area contributed by atoms with Crippen molar-refractivity contribution in [2.75, 3.05) is 0 Å². The van der Waals surface area contributed by atoms with Gasteiger partial charge < -0.3 is 0 Å². The van der Waals surface area contributed by atoms with Crippen LogP contribution in [0.1, 0.15) is 101 Å². The van der Waals surface area contributed by atoms with Gasteiger partial charge in [-0.1, -0.05) is 101 Å². The zero-order chi connectivity index (χ0) is 13.7. The van der Waals surface area contributed by atoms with Crippen molar-refractivity contribution in [2.45, 2.75) is 101 Å². The van der Waals surface area contributed by atoms with Crippen molar-refractivity contribution >= 4 is 0 Å². The van der Waals surface area contributed by atoms with Gasteiger partial charge in [0.05, 0.1) is 0 Å². The Bertz CT molecular complexity index is 124. The van der Waals surface area contributed by atoms with Gasteiger partial charge in [-0.05, 0) is 17.8 Å². The fourth-order valence-electron chi connectivity index (χ4n) is 2.13. The molecule has 0 aromatic rings. The van der Waals surface area contributed by atoms with Gasteiger partial charge in [0.25, 0.3) is 0 Å². The lowest BCUT2D eigenvalue weighted by Crippen LogP contribution is -2.03. The Morgan fingerprint density at radius 1 is 0.611 bits per heavy atom. The molecule has 0 aliphatic carbocycles. The summed E-state index contributed by atoms with van der Waals surface area (Å²) in [6, 6.07) is 0. The molecule has 0 N–H and O–H groups in total. The quantitative estimate of drug-likeness (QED) is 0.406. The van der Waals surface area contributed by atoms with Crippen LogP contribution in [0.25, 0.3) is 0 Å². The molecule has 114 valence electrons. The maximum Gasteiger partial charge on any atom is -0.0419 e. The third kappa shape index (κ3) is 14.1. The van der Waals surface area contributed by atoms with Crippen LogP contribution >= 0.6 is 0 Å². The third-order valence-corrected chi connectivity index (χ3v) is 4.07. The maximum atomic E-state index is 2.44. The topological polar surface area (TPSA) is 0 Å². The molecule has 2 unspecified atom stereocenters. The van der Waals surface area contributed by atoms with E-state index in [-0.39, 0.29) is 7.43 Å². The lowest BCUT2D eigenvalue weighted by Gasteiger charge is -2.17. The van der Waals surface area contributed by atoms with E-state index in [1.807, 2.05) is 13.8 Å². The second-order valence-electron chi connectivity index (χ2n) is 5.46. The molecule has 0 spiro atoms. The fraction of sp³-hybridized carbons (Fsp3) is 1.00. The molecular weight excluding hydrogens is 216 g/mol. The van der Waals surface area contributed by atoms with Crippen LogP contribution < -0.4 is 0 Å². The Morgan fingerprint density at radius 3 is 1.39 bits per heavy atom. The first-order valence-corrected chi connectivity index (χ1v) is 8.13. The summed E-state index contributed by atoms with van der Waals surface area (Å²) in [5, 5.41) is 0. The first-order valence-electron chi connectivity index (χ1n) is 8.13. The minimum absolute atomic E-state index is 0. The summed E-state index contributed by atoms with van der Waals surface area (Å²) in [6.45, 7) is 15.8. The average molecular weight is 259 g/mol. The first-order chi connectivity index (χ1) is 8.13. The molecule has 0 aliphatic heterocycles. The van der Waals surface area contributed by atoms with E-state index in [4.69, 9.17) is 0 Å². The zero-order valence-corrected chi connectivity index (χ0v) is 13.7. The second-order valence-corrected chi connectivity index (χ2v) is 5.46. The molecule has 18 heavy (non-hydrogen) atoms. The molecule has 0 saturated heterocycles. The lowest BCUT2D eigenvalue weighted by atomic mass is 9.89. The monoisotopic (exact) mass is 258 g/mol. The molecule has 0 heteroatoms. The van der Waals surface area contributed by atoms with Gasteiger partial charge in [-0.15, -0.1) is 0 Å². The van der Waals surface area contributed by atoms with Crippen molar-refractivity contribution in [3.8, 4) is 0 Å². The van der Waals surface area contributed by atoms with Crippen LogP contribution in [0.15, 0.2) is 0 Å². The van der Waals surface area contributed by atoms with Gasteiger partial charge in [-0.25, -0.2) is 0 Å². The number of rotatable bonds is 9. The first kappa shape index (κ1) is 23.1. The van der Waals surface area contributed by atoms with Crippen LogP contribution in [0, 0.1) is 17.8 Å². The highest BCUT2D eigenvalue weighted by Gasteiger charge is 2.08. The average Bonchev–Trinajstić information content (AvgIpc) is 2.39. The molecule has 0 nitrogen and oxygen atoms in total. The van der Waals surface area contributed by atoms with E-state index in [0.29, 0.717) is 0 Å². The van der Waals surface area contributed by atoms with Crippen LogP contribution in [0.2, 0.25) is 0 Å². The molecule has 0 heterocycles. The van der Waals surface area contributed by atoms with Gasteiger partial charge in [-0.3, -0.25) is 0 Å². The summed E-state index contributed by atoms with van der Waals surface area (Å²) in [6.07, 6.45) is 9.86. The molecule has 0 amide bonds. The summed E-state index contributed by atoms with van der Waals surface area (Å²) >= 11 is 0. The SMILES string of the molecule is C.CC.CCC(C)CCC(C)CCC(CC)CC. The van der Waals surface area contributed by atoms with E-state index in [1.54, 1.807) is 0 Å². The molecule has 0 radical (unpaired) electrons. The van der Waals surface area contributed by atoms with Crippen LogP contribution in [0.5, 0.6) is 0 Å². The summed E-state index contributed by atoms with van der Waals surface area (Å²) in [7, 11) is 0. The van der Waals surface area contributed by atoms with Crippen molar-refractivity contribution in [3.63, 3.8) is 0 Å². The summed E-state index contributed by atoms with van der Waals surface area (Å²) < 4.78 is 0. The Kier molecular flexibility index (Phi) is 21.8. The number of hydrogen-bond donors (Lipinski definition) is 0. The van der Waals surface area contributed by atoms with Crippen molar-refractivity contribution in [2.24, 2.45) is 17.8 Å². The second kappa shape index (κ2) is 17.0. The molecule has 0 aromatic carbocycles. The zero-order valence-electron chi connectivity index (χ0n) is 13.7. The number of hydrogen-bond acceptors (Lipinski definition) is 0. The van der Waals surface area contributed by atoms with E-state index < -0.39 is 0 Å². The van der Waals surface area contributed by atoms with Gasteiger partial charge in [0.1, 0.15) is 0 Å². The van der Waals surface area contributed by atoms with Crippen LogP contribution in [0.3, 0.4) is 0 Å². The van der Waals surface area contributed by atoms with E-state index >= 15 is 0 Å². The Morgan fingerprint density at radius 2 is 1.00 bits per heavy atom. The molecular formula is C18H42. The Hall–Kier alpha value is 0. The van der Waals surface area contributed by atoms with Gasteiger partial charge in [-0.2, -0.15) is 0 Å². The summed E-state index contributed by atoms with van der Waals surface area (Å²) in [5.74, 6) is 2.86. The minimum atomic E-state index is 0. The molecule has 0 bridgehead atoms. The molecule has 0 aromatic heterocycles. The predicted molar refractivity (Wildman–Crippen MR) is 89.2 cm³/mol. The molecule has 0 rings (SSSR count). The molecule has 0 saturated carbocycles. The third-order valence-electron chi connectivity index (χ3n) is 4.07.